The second-order valence-electron chi connectivity index (χ2n) is 2.01. The van der Waals surface area contributed by atoms with E-state index in [1.165, 1.54) is 0 Å². The van der Waals surface area contributed by atoms with Gasteiger partial charge in [-0.15, -0.1) is 0 Å². The highest BCUT2D eigenvalue weighted by Gasteiger charge is 2.30. The molecule has 4 nitrogen and oxygen atoms in total. The summed E-state index contributed by atoms with van der Waals surface area (Å²) in [6.07, 6.45) is 0.784. The number of aromatic nitrogens is 2. The van der Waals surface area contributed by atoms with Gasteiger partial charge in [0.2, 0.25) is 0 Å². The molecule has 0 aromatic carbocycles. The van der Waals surface area contributed by atoms with Crippen molar-refractivity contribution < 1.29 is 13.2 Å². The molecule has 0 bridgehead atoms. The van der Waals surface area contributed by atoms with Crippen LogP contribution in [0.1, 0.15) is 0 Å². The Morgan fingerprint density at radius 3 is 2.62 bits per heavy atom. The average molecular weight is 211 g/mol. The number of halogens is 3. The van der Waals surface area contributed by atoms with Crippen LogP contribution in [0.2, 0.25) is 0 Å². The third kappa shape index (κ3) is 2.98. The number of aromatic amines is 1. The Morgan fingerprint density at radius 2 is 2.15 bits per heavy atom. The summed E-state index contributed by atoms with van der Waals surface area (Å²) in [6, 6.07) is 0. The van der Waals surface area contributed by atoms with Gasteiger partial charge in [0.15, 0.2) is 0 Å². The number of thioether (sulfide) groups is 1. The van der Waals surface area contributed by atoms with Gasteiger partial charge < -0.3 is 5.73 Å². The molecule has 0 spiro atoms. The zero-order valence-corrected chi connectivity index (χ0v) is 6.87. The lowest BCUT2D eigenvalue weighted by Crippen LogP contribution is -2.13. The summed E-state index contributed by atoms with van der Waals surface area (Å²) in [7, 11) is 0. The molecule has 0 saturated heterocycles. The molecular weight excluding hydrogens is 207 g/mol. The molecule has 1 heterocycles. The quantitative estimate of drug-likeness (QED) is 0.679. The molecule has 0 aliphatic carbocycles. The van der Waals surface area contributed by atoms with Crippen LogP contribution in [0, 0.1) is 0 Å². The number of nitrogens with one attached hydrogen (secondary N) is 1. The SMILES string of the molecule is Nc1[nH]c(=O)ncc1SC(F)(F)F. The summed E-state index contributed by atoms with van der Waals surface area (Å²) in [5, 5.41) is 0. The van der Waals surface area contributed by atoms with Crippen LogP contribution in [0.25, 0.3) is 0 Å². The molecule has 0 aliphatic heterocycles. The Morgan fingerprint density at radius 1 is 1.54 bits per heavy atom. The van der Waals surface area contributed by atoms with E-state index in [4.69, 9.17) is 5.73 Å². The van der Waals surface area contributed by atoms with Crippen molar-refractivity contribution in [3.63, 3.8) is 0 Å². The van der Waals surface area contributed by atoms with Crippen molar-refractivity contribution in [1.29, 1.82) is 0 Å². The minimum absolute atomic E-state index is 0.313. The Kier molecular flexibility index (Phi) is 2.50. The number of nitrogen functional groups attached to an aromatic ring is 1. The maximum atomic E-state index is 11.8. The van der Waals surface area contributed by atoms with Crippen molar-refractivity contribution in [2.75, 3.05) is 5.73 Å². The number of nitrogens with two attached hydrogens (primary N) is 1. The highest BCUT2D eigenvalue weighted by molar-refractivity contribution is 8.00. The normalized spacial score (nSPS) is 11.6. The molecule has 1 rings (SSSR count). The molecule has 3 N–H and O–H groups in total. The first-order valence-corrected chi connectivity index (χ1v) is 3.80. The van der Waals surface area contributed by atoms with Gasteiger partial charge in [0.1, 0.15) is 5.82 Å². The summed E-state index contributed by atoms with van der Waals surface area (Å²) >= 11 is -0.422. The van der Waals surface area contributed by atoms with Gasteiger partial charge in [0.25, 0.3) is 0 Å². The Labute approximate surface area is 74.4 Å². The predicted molar refractivity (Wildman–Crippen MR) is 41.2 cm³/mol. The third-order valence-corrected chi connectivity index (χ3v) is 1.81. The van der Waals surface area contributed by atoms with E-state index >= 15 is 0 Å². The fourth-order valence-corrected chi connectivity index (χ4v) is 1.12. The number of H-pyrrole nitrogens is 1. The van der Waals surface area contributed by atoms with Crippen LogP contribution in [0.5, 0.6) is 0 Å². The lowest BCUT2D eigenvalue weighted by Gasteiger charge is -2.05. The van der Waals surface area contributed by atoms with Crippen LogP contribution < -0.4 is 11.4 Å². The van der Waals surface area contributed by atoms with Crippen LogP contribution in [0.4, 0.5) is 19.0 Å². The van der Waals surface area contributed by atoms with Crippen LogP contribution in [-0.2, 0) is 0 Å². The van der Waals surface area contributed by atoms with Gasteiger partial charge in [0.05, 0.1) is 11.1 Å². The summed E-state index contributed by atoms with van der Waals surface area (Å²) in [6.45, 7) is 0. The maximum absolute atomic E-state index is 11.8. The largest absolute Gasteiger partial charge is 0.446 e. The van der Waals surface area contributed by atoms with E-state index in [0.29, 0.717) is 0 Å². The molecule has 0 saturated carbocycles. The first-order chi connectivity index (χ1) is 5.88. The molecule has 0 fully saturated rings. The molecule has 8 heteroatoms. The van der Waals surface area contributed by atoms with E-state index in [1.807, 2.05) is 4.98 Å². The van der Waals surface area contributed by atoms with Crippen molar-refractivity contribution in [2.24, 2.45) is 0 Å². The first-order valence-electron chi connectivity index (χ1n) is 2.99. The van der Waals surface area contributed by atoms with E-state index in [9.17, 15) is 18.0 Å². The molecule has 0 atom stereocenters. The van der Waals surface area contributed by atoms with Crippen molar-refractivity contribution in [1.82, 2.24) is 9.97 Å². The van der Waals surface area contributed by atoms with Crippen LogP contribution in [0.15, 0.2) is 15.9 Å². The second kappa shape index (κ2) is 3.29. The van der Waals surface area contributed by atoms with E-state index in [1.54, 1.807) is 0 Å². The van der Waals surface area contributed by atoms with Gasteiger partial charge in [-0.1, -0.05) is 0 Å². The van der Waals surface area contributed by atoms with Gasteiger partial charge in [-0.25, -0.2) is 9.78 Å². The number of alkyl halides is 3. The third-order valence-electron chi connectivity index (χ3n) is 1.03. The first kappa shape index (κ1) is 9.90. The standard InChI is InChI=1S/C5H4F3N3OS/c6-5(7,8)13-2-1-10-4(12)11-3(2)9/h1H,(H3,9,10,11,12). The van der Waals surface area contributed by atoms with Gasteiger partial charge in [-0.2, -0.15) is 13.2 Å². The lowest BCUT2D eigenvalue weighted by molar-refractivity contribution is -0.0328. The van der Waals surface area contributed by atoms with Crippen LogP contribution in [-0.4, -0.2) is 15.5 Å². The monoisotopic (exact) mass is 211 g/mol. The number of hydrogen-bond donors (Lipinski definition) is 2. The van der Waals surface area contributed by atoms with Crippen molar-refractivity contribution >= 4 is 17.6 Å². The zero-order chi connectivity index (χ0) is 10.1. The summed E-state index contributed by atoms with van der Waals surface area (Å²) in [5.74, 6) is -0.331. The highest BCUT2D eigenvalue weighted by atomic mass is 32.2. The highest BCUT2D eigenvalue weighted by Crippen LogP contribution is 2.37. The van der Waals surface area contributed by atoms with Crippen LogP contribution >= 0.6 is 11.8 Å². The predicted octanol–water partition coefficient (Wildman–Crippen LogP) is 0.964. The minimum atomic E-state index is -4.44. The molecule has 0 aliphatic rings. The molecular formula is C5H4F3N3OS. The van der Waals surface area contributed by atoms with Gasteiger partial charge in [-0.05, 0) is 11.8 Å². The average Bonchev–Trinajstić information content (AvgIpc) is 1.93. The van der Waals surface area contributed by atoms with E-state index in [0.717, 1.165) is 6.20 Å². The van der Waals surface area contributed by atoms with Crippen molar-refractivity contribution in [3.05, 3.63) is 16.7 Å². The Hall–Kier alpha value is -1.18. The fraction of sp³-hybridized carbons (Fsp3) is 0.200. The Bertz CT molecular complexity index is 361. The van der Waals surface area contributed by atoms with E-state index < -0.39 is 23.0 Å². The number of rotatable bonds is 1. The van der Waals surface area contributed by atoms with Crippen molar-refractivity contribution in [3.8, 4) is 0 Å². The maximum Gasteiger partial charge on any atom is 0.446 e. The van der Waals surface area contributed by atoms with Gasteiger partial charge in [0, 0.05) is 0 Å². The molecule has 1 aromatic rings. The summed E-state index contributed by atoms with van der Waals surface area (Å²) in [5.41, 5.74) is -0.0983. The molecule has 13 heavy (non-hydrogen) atoms. The van der Waals surface area contributed by atoms with Crippen LogP contribution in [0.3, 0.4) is 0 Å². The van der Waals surface area contributed by atoms with Gasteiger partial charge >= 0.3 is 11.2 Å². The second-order valence-corrected chi connectivity index (χ2v) is 3.12. The lowest BCUT2D eigenvalue weighted by atomic mass is 10.6. The Balaban J connectivity index is 2.97. The number of nitrogens with zero attached hydrogens (tertiary/aromatic N) is 1. The molecule has 1 aromatic heterocycles. The molecule has 72 valence electrons. The number of hydrogen-bond acceptors (Lipinski definition) is 4. The molecule has 0 amide bonds. The molecule has 0 radical (unpaired) electrons. The minimum Gasteiger partial charge on any atom is -0.384 e. The summed E-state index contributed by atoms with van der Waals surface area (Å²) < 4.78 is 35.4. The van der Waals surface area contributed by atoms with E-state index in [2.05, 4.69) is 4.98 Å². The van der Waals surface area contributed by atoms with Crippen molar-refractivity contribution in [2.45, 2.75) is 10.4 Å². The molecule has 0 unspecified atom stereocenters. The topological polar surface area (TPSA) is 71.8 Å². The summed E-state index contributed by atoms with van der Waals surface area (Å²) in [4.78, 5) is 15.2. The van der Waals surface area contributed by atoms with Gasteiger partial charge in [-0.3, -0.25) is 4.98 Å². The van der Waals surface area contributed by atoms with E-state index in [-0.39, 0.29) is 10.7 Å². The number of anilines is 1. The smallest absolute Gasteiger partial charge is 0.384 e. The zero-order valence-electron chi connectivity index (χ0n) is 6.05. The fourth-order valence-electron chi connectivity index (χ4n) is 0.602.